The summed E-state index contributed by atoms with van der Waals surface area (Å²) >= 11 is 3.10. The second-order valence-corrected chi connectivity index (χ2v) is 6.35. The van der Waals surface area contributed by atoms with Crippen molar-refractivity contribution in [3.8, 4) is 5.75 Å². The number of rotatable bonds is 5. The molecular weight excluding hydrogens is 306 g/mol. The van der Waals surface area contributed by atoms with Crippen molar-refractivity contribution < 1.29 is 13.2 Å². The van der Waals surface area contributed by atoms with Crippen molar-refractivity contribution in [2.75, 3.05) is 13.7 Å². The number of benzene rings is 1. The van der Waals surface area contributed by atoms with Gasteiger partial charge < -0.3 is 4.74 Å². The minimum atomic E-state index is -3.59. The van der Waals surface area contributed by atoms with Gasteiger partial charge in [-0.15, -0.1) is 0 Å². The second-order valence-electron chi connectivity index (χ2n) is 3.50. The lowest BCUT2D eigenvalue weighted by molar-refractivity contribution is 0.402. The Morgan fingerprint density at radius 2 is 2.18 bits per heavy atom. The van der Waals surface area contributed by atoms with Crippen LogP contribution in [0.2, 0.25) is 0 Å². The van der Waals surface area contributed by atoms with Crippen LogP contribution < -0.4 is 9.46 Å². The van der Waals surface area contributed by atoms with Gasteiger partial charge in [-0.2, -0.15) is 0 Å². The maximum absolute atomic E-state index is 12.0. The molecule has 0 aliphatic rings. The van der Waals surface area contributed by atoms with Crippen LogP contribution in [-0.2, 0) is 10.0 Å². The summed E-state index contributed by atoms with van der Waals surface area (Å²) < 4.78 is 32.1. The van der Waals surface area contributed by atoms with Gasteiger partial charge in [0.15, 0.2) is 0 Å². The van der Waals surface area contributed by atoms with E-state index < -0.39 is 10.0 Å². The molecule has 0 spiro atoms. The summed E-state index contributed by atoms with van der Waals surface area (Å²) in [4.78, 5) is 0.133. The summed E-state index contributed by atoms with van der Waals surface area (Å²) in [5.41, 5.74) is 0.851. The van der Waals surface area contributed by atoms with Crippen molar-refractivity contribution in [3.05, 3.63) is 34.8 Å². The van der Waals surface area contributed by atoms with Gasteiger partial charge in [-0.1, -0.05) is 28.6 Å². The van der Waals surface area contributed by atoms with Gasteiger partial charge >= 0.3 is 0 Å². The predicted octanol–water partition coefficient (Wildman–Crippen LogP) is 2.19. The van der Waals surface area contributed by atoms with E-state index in [9.17, 15) is 8.42 Å². The molecule has 0 aliphatic carbocycles. The maximum Gasteiger partial charge on any atom is 0.244 e. The Morgan fingerprint density at radius 3 is 2.71 bits per heavy atom. The van der Waals surface area contributed by atoms with Gasteiger partial charge in [0, 0.05) is 11.0 Å². The standard InChI is InChI=1S/C11H14BrNO3S/c1-8-4-5-10(16-3)11(6-8)17(14,15)13-7-9(2)12/h4-6,13H,2,7H2,1,3H3. The molecule has 1 aromatic carbocycles. The molecular formula is C11H14BrNO3S. The topological polar surface area (TPSA) is 55.4 Å². The molecule has 0 aromatic heterocycles. The van der Waals surface area contributed by atoms with E-state index in [1.54, 1.807) is 18.2 Å². The Morgan fingerprint density at radius 1 is 1.53 bits per heavy atom. The fourth-order valence-electron chi connectivity index (χ4n) is 1.24. The molecule has 1 rings (SSSR count). The van der Waals surface area contributed by atoms with Crippen LogP contribution in [-0.4, -0.2) is 22.1 Å². The lowest BCUT2D eigenvalue weighted by atomic mass is 10.2. The Kier molecular flexibility index (Phi) is 4.73. The third kappa shape index (κ3) is 3.83. The van der Waals surface area contributed by atoms with Crippen molar-refractivity contribution in [1.29, 1.82) is 0 Å². The van der Waals surface area contributed by atoms with Gasteiger partial charge in [-0.3, -0.25) is 0 Å². The van der Waals surface area contributed by atoms with Crippen LogP contribution in [0.1, 0.15) is 5.56 Å². The van der Waals surface area contributed by atoms with Gasteiger partial charge in [-0.25, -0.2) is 13.1 Å². The third-order valence-electron chi connectivity index (χ3n) is 2.06. The predicted molar refractivity (Wildman–Crippen MR) is 71.0 cm³/mol. The third-order valence-corrected chi connectivity index (χ3v) is 3.77. The highest BCUT2D eigenvalue weighted by atomic mass is 79.9. The zero-order chi connectivity index (χ0) is 13.1. The van der Waals surface area contributed by atoms with Crippen LogP contribution in [0.5, 0.6) is 5.75 Å². The molecule has 0 saturated heterocycles. The number of halogens is 1. The van der Waals surface area contributed by atoms with Gasteiger partial charge in [0.2, 0.25) is 10.0 Å². The zero-order valence-electron chi connectivity index (χ0n) is 9.66. The molecule has 0 fully saturated rings. The summed E-state index contributed by atoms with van der Waals surface area (Å²) in [5.74, 6) is 0.322. The molecule has 0 radical (unpaired) electrons. The number of methoxy groups -OCH3 is 1. The Bertz CT molecular complexity index is 526. The fraction of sp³-hybridized carbons (Fsp3) is 0.273. The van der Waals surface area contributed by atoms with Crippen molar-refractivity contribution in [2.24, 2.45) is 0 Å². The molecule has 0 atom stereocenters. The van der Waals surface area contributed by atoms with Gasteiger partial charge in [-0.05, 0) is 24.6 Å². The molecule has 0 amide bonds. The average molecular weight is 320 g/mol. The Labute approximate surface area is 110 Å². The smallest absolute Gasteiger partial charge is 0.244 e. The summed E-state index contributed by atoms with van der Waals surface area (Å²) in [6.45, 7) is 5.53. The van der Waals surface area contributed by atoms with E-state index >= 15 is 0 Å². The van der Waals surface area contributed by atoms with E-state index in [1.165, 1.54) is 7.11 Å². The number of hydrogen-bond donors (Lipinski definition) is 1. The van der Waals surface area contributed by atoms with Gasteiger partial charge in [0.05, 0.1) is 7.11 Å². The van der Waals surface area contributed by atoms with Crippen LogP contribution in [0.15, 0.2) is 34.2 Å². The van der Waals surface area contributed by atoms with Crippen molar-refractivity contribution >= 4 is 26.0 Å². The molecule has 6 heteroatoms. The van der Waals surface area contributed by atoms with E-state index in [4.69, 9.17) is 4.74 Å². The molecule has 0 aliphatic heterocycles. The monoisotopic (exact) mass is 319 g/mol. The number of sulfonamides is 1. The summed E-state index contributed by atoms with van der Waals surface area (Å²) in [6.07, 6.45) is 0. The first kappa shape index (κ1) is 14.2. The van der Waals surface area contributed by atoms with Crippen LogP contribution >= 0.6 is 15.9 Å². The average Bonchev–Trinajstić information content (AvgIpc) is 2.26. The van der Waals surface area contributed by atoms with E-state index in [2.05, 4.69) is 27.2 Å². The largest absolute Gasteiger partial charge is 0.495 e. The number of hydrogen-bond acceptors (Lipinski definition) is 3. The van der Waals surface area contributed by atoms with Crippen LogP contribution in [0.3, 0.4) is 0 Å². The van der Waals surface area contributed by atoms with Crippen molar-refractivity contribution in [2.45, 2.75) is 11.8 Å². The highest BCUT2D eigenvalue weighted by Gasteiger charge is 2.19. The second kappa shape index (κ2) is 5.66. The first-order valence-corrected chi connectivity index (χ1v) is 7.12. The highest BCUT2D eigenvalue weighted by molar-refractivity contribution is 9.11. The number of nitrogens with one attached hydrogen (secondary N) is 1. The molecule has 4 nitrogen and oxygen atoms in total. The van der Waals surface area contributed by atoms with Crippen molar-refractivity contribution in [3.63, 3.8) is 0 Å². The van der Waals surface area contributed by atoms with Crippen LogP contribution in [0, 0.1) is 6.92 Å². The van der Waals surface area contributed by atoms with E-state index in [0.717, 1.165) is 5.56 Å². The van der Waals surface area contributed by atoms with Gasteiger partial charge in [0.25, 0.3) is 0 Å². The van der Waals surface area contributed by atoms with E-state index in [1.807, 2.05) is 6.92 Å². The SMILES string of the molecule is C=C(Br)CNS(=O)(=O)c1cc(C)ccc1OC. The normalized spacial score (nSPS) is 11.2. The van der Waals surface area contributed by atoms with Gasteiger partial charge in [0.1, 0.15) is 10.6 Å². The molecule has 0 heterocycles. The maximum atomic E-state index is 12.0. The van der Waals surface area contributed by atoms with E-state index in [-0.39, 0.29) is 11.4 Å². The fourth-order valence-corrected chi connectivity index (χ4v) is 2.85. The highest BCUT2D eigenvalue weighted by Crippen LogP contribution is 2.24. The Balaban J connectivity index is 3.13. The first-order valence-electron chi connectivity index (χ1n) is 4.84. The first-order chi connectivity index (χ1) is 7.86. The zero-order valence-corrected chi connectivity index (χ0v) is 12.1. The minimum absolute atomic E-state index is 0.133. The molecule has 0 saturated carbocycles. The molecule has 0 unspecified atom stereocenters. The van der Waals surface area contributed by atoms with Crippen molar-refractivity contribution in [1.82, 2.24) is 4.72 Å². The molecule has 1 aromatic rings. The summed E-state index contributed by atoms with van der Waals surface area (Å²) in [7, 11) is -2.15. The van der Waals surface area contributed by atoms with Crippen LogP contribution in [0.4, 0.5) is 0 Å². The molecule has 1 N–H and O–H groups in total. The molecule has 0 bridgehead atoms. The van der Waals surface area contributed by atoms with E-state index in [0.29, 0.717) is 10.2 Å². The number of aryl methyl sites for hydroxylation is 1. The Hall–Kier alpha value is -0.850. The molecule has 17 heavy (non-hydrogen) atoms. The number of ether oxygens (including phenoxy) is 1. The van der Waals surface area contributed by atoms with Crippen LogP contribution in [0.25, 0.3) is 0 Å². The molecule has 94 valence electrons. The quantitative estimate of drug-likeness (QED) is 0.905. The summed E-state index contributed by atoms with van der Waals surface area (Å²) in [5, 5.41) is 0. The lowest BCUT2D eigenvalue weighted by Gasteiger charge is -2.11. The lowest BCUT2D eigenvalue weighted by Crippen LogP contribution is -2.25. The summed E-state index contributed by atoms with van der Waals surface area (Å²) in [6, 6.07) is 4.99. The minimum Gasteiger partial charge on any atom is -0.495 e.